The van der Waals surface area contributed by atoms with E-state index < -0.39 is 0 Å². The van der Waals surface area contributed by atoms with Gasteiger partial charge in [0, 0.05) is 24.3 Å². The van der Waals surface area contributed by atoms with Crippen molar-refractivity contribution in [3.63, 3.8) is 0 Å². The molecule has 0 radical (unpaired) electrons. The second-order valence-corrected chi connectivity index (χ2v) is 8.36. The fraction of sp³-hybridized carbons (Fsp3) is 0.391. The third-order valence-corrected chi connectivity index (χ3v) is 6.14. The molecule has 4 rings (SSSR count). The molecule has 168 valence electrons. The molecular weight excluding hydrogens is 424 g/mol. The van der Waals surface area contributed by atoms with Crippen LogP contribution in [0.4, 0.5) is 5.69 Å². The highest BCUT2D eigenvalue weighted by Crippen LogP contribution is 2.31. The van der Waals surface area contributed by atoms with E-state index in [1.807, 2.05) is 18.2 Å². The van der Waals surface area contributed by atoms with E-state index in [4.69, 9.17) is 21.7 Å². The summed E-state index contributed by atoms with van der Waals surface area (Å²) in [5.74, 6) is 1.88. The zero-order valence-electron chi connectivity index (χ0n) is 18.8. The van der Waals surface area contributed by atoms with E-state index in [0.29, 0.717) is 17.3 Å². The summed E-state index contributed by atoms with van der Waals surface area (Å²) >= 11 is 5.67. The highest BCUT2D eigenvalue weighted by Gasteiger charge is 2.24. The quantitative estimate of drug-likeness (QED) is 0.582. The van der Waals surface area contributed by atoms with Crippen LogP contribution in [0.2, 0.25) is 0 Å². The lowest BCUT2D eigenvalue weighted by molar-refractivity contribution is 0.238. The monoisotopic (exact) mass is 452 g/mol. The zero-order valence-corrected chi connectivity index (χ0v) is 19.6. The van der Waals surface area contributed by atoms with Crippen molar-refractivity contribution >= 4 is 23.0 Å². The fourth-order valence-electron chi connectivity index (χ4n) is 3.84. The van der Waals surface area contributed by atoms with Crippen LogP contribution in [-0.4, -0.2) is 57.5 Å². The molecule has 0 aliphatic carbocycles. The van der Waals surface area contributed by atoms with Crippen molar-refractivity contribution in [2.24, 2.45) is 0 Å². The Bertz CT molecular complexity index is 1110. The van der Waals surface area contributed by atoms with Crippen LogP contribution in [0.3, 0.4) is 0 Å². The zero-order chi connectivity index (χ0) is 22.7. The van der Waals surface area contributed by atoms with Crippen molar-refractivity contribution in [2.45, 2.75) is 32.7 Å². The molecule has 0 bridgehead atoms. The van der Waals surface area contributed by atoms with Gasteiger partial charge >= 0.3 is 0 Å². The lowest BCUT2D eigenvalue weighted by atomic mass is 10.1. The van der Waals surface area contributed by atoms with Gasteiger partial charge in [-0.1, -0.05) is 12.1 Å². The van der Waals surface area contributed by atoms with Crippen LogP contribution in [-0.2, 0) is 0 Å². The normalized spacial score (nSPS) is 14.3. The smallest absolute Gasteiger partial charge is 0.205 e. The molecule has 1 saturated heterocycles. The number of anilines is 1. The van der Waals surface area contributed by atoms with Crippen molar-refractivity contribution < 1.29 is 9.47 Å². The van der Waals surface area contributed by atoms with Crippen LogP contribution in [0, 0.1) is 13.8 Å². The molecule has 32 heavy (non-hydrogen) atoms. The van der Waals surface area contributed by atoms with E-state index in [-0.39, 0.29) is 6.04 Å². The van der Waals surface area contributed by atoms with E-state index in [1.54, 1.807) is 19.0 Å². The molecule has 3 aromatic rings. The first-order chi connectivity index (χ1) is 15.5. The van der Waals surface area contributed by atoms with Crippen LogP contribution in [0.1, 0.15) is 30.0 Å². The highest BCUT2D eigenvalue weighted by molar-refractivity contribution is 7.80. The standard InChI is InChI=1S/C23H28N6O2S/c1-15-5-6-16(2)19(13-15)24-23(32)28-11-9-18(10-12-28)29-26-22(25-27-29)17-7-8-20(30-3)21(14-17)31-4/h5-8,13-14,18H,9-12H2,1-4H3,(H,24,32). The first-order valence-corrected chi connectivity index (χ1v) is 11.0. The molecule has 2 heterocycles. The van der Waals surface area contributed by atoms with E-state index in [2.05, 4.69) is 57.7 Å². The van der Waals surface area contributed by atoms with Gasteiger partial charge in [-0.2, -0.15) is 4.80 Å². The third kappa shape index (κ3) is 4.67. The van der Waals surface area contributed by atoms with Crippen LogP contribution < -0.4 is 14.8 Å². The fourth-order valence-corrected chi connectivity index (χ4v) is 4.13. The van der Waals surface area contributed by atoms with E-state index in [1.165, 1.54) is 11.1 Å². The maximum Gasteiger partial charge on any atom is 0.205 e. The number of aryl methyl sites for hydroxylation is 2. The molecule has 1 fully saturated rings. The maximum atomic E-state index is 5.67. The number of nitrogens with zero attached hydrogens (tertiary/aromatic N) is 5. The van der Waals surface area contributed by atoms with Gasteiger partial charge in [-0.15, -0.1) is 10.2 Å². The minimum absolute atomic E-state index is 0.191. The number of thiocarbonyl (C=S) groups is 1. The second-order valence-electron chi connectivity index (χ2n) is 7.97. The lowest BCUT2D eigenvalue weighted by Crippen LogP contribution is -2.41. The summed E-state index contributed by atoms with van der Waals surface area (Å²) in [6.07, 6.45) is 1.80. The van der Waals surface area contributed by atoms with Gasteiger partial charge in [0.2, 0.25) is 5.82 Å². The Labute approximate surface area is 193 Å². The molecule has 2 aromatic carbocycles. The largest absolute Gasteiger partial charge is 0.493 e. The van der Waals surface area contributed by atoms with Gasteiger partial charge in [0.15, 0.2) is 16.6 Å². The number of hydrogen-bond donors (Lipinski definition) is 1. The summed E-state index contributed by atoms with van der Waals surface area (Å²) in [4.78, 5) is 3.93. The van der Waals surface area contributed by atoms with E-state index in [9.17, 15) is 0 Å². The average molecular weight is 453 g/mol. The molecule has 0 atom stereocenters. The van der Waals surface area contributed by atoms with Gasteiger partial charge < -0.3 is 19.7 Å². The Hall–Kier alpha value is -3.20. The molecule has 0 saturated carbocycles. The SMILES string of the molecule is COc1ccc(-c2nnn(C3CCN(C(=S)Nc4cc(C)ccc4C)CC3)n2)cc1OC. The summed E-state index contributed by atoms with van der Waals surface area (Å²) in [7, 11) is 3.22. The number of piperidine rings is 1. The minimum atomic E-state index is 0.191. The van der Waals surface area contributed by atoms with Crippen molar-refractivity contribution in [3.05, 3.63) is 47.5 Å². The predicted octanol–water partition coefficient (Wildman–Crippen LogP) is 4.01. The minimum Gasteiger partial charge on any atom is -0.493 e. The van der Waals surface area contributed by atoms with Gasteiger partial charge in [0.05, 0.1) is 20.3 Å². The molecule has 0 amide bonds. The van der Waals surface area contributed by atoms with Gasteiger partial charge in [-0.05, 0) is 79.5 Å². The first-order valence-electron chi connectivity index (χ1n) is 10.6. The van der Waals surface area contributed by atoms with Gasteiger partial charge in [0.1, 0.15) is 0 Å². The predicted molar refractivity (Wildman–Crippen MR) is 128 cm³/mol. The maximum absolute atomic E-state index is 5.67. The molecule has 1 aliphatic rings. The molecule has 1 N–H and O–H groups in total. The molecule has 0 unspecified atom stereocenters. The van der Waals surface area contributed by atoms with Gasteiger partial charge in [-0.3, -0.25) is 0 Å². The molecule has 1 aliphatic heterocycles. The Kier molecular flexibility index (Phi) is 6.55. The molecule has 0 spiro atoms. The van der Waals surface area contributed by atoms with Crippen LogP contribution >= 0.6 is 12.2 Å². The number of tetrazole rings is 1. The number of benzene rings is 2. The number of methoxy groups -OCH3 is 2. The molecular formula is C23H28N6O2S. The highest BCUT2D eigenvalue weighted by atomic mass is 32.1. The van der Waals surface area contributed by atoms with Crippen molar-refractivity contribution in [2.75, 3.05) is 32.6 Å². The number of rotatable bonds is 5. The summed E-state index contributed by atoms with van der Waals surface area (Å²) in [5.41, 5.74) is 4.30. The van der Waals surface area contributed by atoms with Crippen LogP contribution in [0.5, 0.6) is 11.5 Å². The van der Waals surface area contributed by atoms with Gasteiger partial charge in [-0.25, -0.2) is 0 Å². The van der Waals surface area contributed by atoms with Crippen LogP contribution in [0.25, 0.3) is 11.4 Å². The summed E-state index contributed by atoms with van der Waals surface area (Å²) < 4.78 is 10.7. The number of aromatic nitrogens is 4. The first kappa shape index (κ1) is 22.0. The van der Waals surface area contributed by atoms with E-state index >= 15 is 0 Å². The van der Waals surface area contributed by atoms with E-state index in [0.717, 1.165) is 42.3 Å². The molecule has 8 nitrogen and oxygen atoms in total. The topological polar surface area (TPSA) is 77.3 Å². The number of hydrogen-bond acceptors (Lipinski definition) is 6. The summed E-state index contributed by atoms with van der Waals surface area (Å²) in [6, 6.07) is 12.1. The summed E-state index contributed by atoms with van der Waals surface area (Å²) in [6.45, 7) is 5.85. The van der Waals surface area contributed by atoms with Crippen LogP contribution in [0.15, 0.2) is 36.4 Å². The summed E-state index contributed by atoms with van der Waals surface area (Å²) in [5, 5.41) is 17.4. The molecule has 9 heteroatoms. The Morgan fingerprint density at radius 3 is 2.50 bits per heavy atom. The van der Waals surface area contributed by atoms with Crippen molar-refractivity contribution in [1.82, 2.24) is 25.1 Å². The average Bonchev–Trinajstić information content (AvgIpc) is 3.31. The number of ether oxygens (including phenoxy) is 2. The Balaban J connectivity index is 1.38. The number of likely N-dealkylation sites (tertiary alicyclic amines) is 1. The lowest BCUT2D eigenvalue weighted by Gasteiger charge is -2.33. The Morgan fingerprint density at radius 1 is 1.03 bits per heavy atom. The number of nitrogens with one attached hydrogen (secondary N) is 1. The van der Waals surface area contributed by atoms with Gasteiger partial charge in [0.25, 0.3) is 0 Å². The molecule has 1 aromatic heterocycles. The second kappa shape index (κ2) is 9.52. The third-order valence-electron chi connectivity index (χ3n) is 5.78. The Morgan fingerprint density at radius 2 is 1.78 bits per heavy atom. The van der Waals surface area contributed by atoms with Crippen molar-refractivity contribution in [1.29, 1.82) is 0 Å². The van der Waals surface area contributed by atoms with Crippen molar-refractivity contribution in [3.8, 4) is 22.9 Å².